The molecule has 0 amide bonds. The molecule has 0 bridgehead atoms. The summed E-state index contributed by atoms with van der Waals surface area (Å²) in [6.07, 6.45) is 5.51. The molecule has 2 aromatic rings. The first kappa shape index (κ1) is 14.6. The predicted octanol–water partition coefficient (Wildman–Crippen LogP) is 3.54. The third-order valence-electron chi connectivity index (χ3n) is 3.64. The molecule has 4 heteroatoms. The van der Waals surface area contributed by atoms with E-state index in [-0.39, 0.29) is 16.7 Å². The van der Waals surface area contributed by atoms with Crippen molar-refractivity contribution < 1.29 is 14.4 Å². The molecule has 3 nitrogen and oxygen atoms in total. The Balaban J connectivity index is 1.96. The highest BCUT2D eigenvalue weighted by Crippen LogP contribution is 2.36. The van der Waals surface area contributed by atoms with E-state index in [0.717, 1.165) is 16.0 Å². The van der Waals surface area contributed by atoms with Gasteiger partial charge in [0, 0.05) is 10.5 Å². The number of aryl methyl sites for hydroxylation is 1. The maximum atomic E-state index is 12.8. The van der Waals surface area contributed by atoms with E-state index in [9.17, 15) is 14.4 Å². The molecule has 2 atom stereocenters. The van der Waals surface area contributed by atoms with Crippen LogP contribution < -0.4 is 0 Å². The fraction of sp³-hybridized carbons (Fsp3) is 0.111. The Morgan fingerprint density at radius 3 is 2.50 bits per heavy atom. The van der Waals surface area contributed by atoms with Gasteiger partial charge in [0.05, 0.1) is 16.0 Å². The molecule has 2 unspecified atom stereocenters. The topological polar surface area (TPSA) is 57.5 Å². The summed E-state index contributed by atoms with van der Waals surface area (Å²) in [6.45, 7) is 1.98. The van der Waals surface area contributed by atoms with Crippen LogP contribution in [-0.2, 0) is 10.8 Å². The van der Waals surface area contributed by atoms with Gasteiger partial charge in [-0.2, -0.15) is 0 Å². The van der Waals surface area contributed by atoms with Crippen molar-refractivity contribution in [2.75, 3.05) is 0 Å². The molecule has 0 aliphatic heterocycles. The van der Waals surface area contributed by atoms with Gasteiger partial charge in [-0.25, -0.2) is 0 Å². The lowest BCUT2D eigenvalue weighted by molar-refractivity contribution is 0.458. The zero-order valence-corrected chi connectivity index (χ0v) is 12.9. The molecule has 0 heterocycles. The third-order valence-corrected chi connectivity index (χ3v) is 5.25. The average Bonchev–Trinajstić information content (AvgIpc) is 2.99. The summed E-state index contributed by atoms with van der Waals surface area (Å²) in [4.78, 5) is 0.743. The van der Waals surface area contributed by atoms with Crippen molar-refractivity contribution in [3.8, 4) is 11.5 Å². The summed E-state index contributed by atoms with van der Waals surface area (Å²) in [5, 5.41) is 19.3. The lowest BCUT2D eigenvalue weighted by Crippen LogP contribution is -2.13. The van der Waals surface area contributed by atoms with E-state index in [4.69, 9.17) is 0 Å². The average molecular weight is 312 g/mol. The molecular formula is C18H16O3S. The summed E-state index contributed by atoms with van der Waals surface area (Å²) >= 11 is 0. The van der Waals surface area contributed by atoms with E-state index in [2.05, 4.69) is 0 Å². The Labute approximate surface area is 131 Å². The molecule has 2 aromatic carbocycles. The maximum absolute atomic E-state index is 12.8. The molecule has 1 aliphatic carbocycles. The van der Waals surface area contributed by atoms with Gasteiger partial charge in [0.2, 0.25) is 0 Å². The van der Waals surface area contributed by atoms with Gasteiger partial charge in [-0.15, -0.1) is 0 Å². The molecule has 1 aliphatic rings. The molecule has 0 radical (unpaired) electrons. The summed E-state index contributed by atoms with van der Waals surface area (Å²) in [5.41, 5.74) is 2.37. The summed E-state index contributed by atoms with van der Waals surface area (Å²) < 4.78 is 12.8. The highest BCUT2D eigenvalue weighted by atomic mass is 32.2. The molecule has 0 spiro atoms. The van der Waals surface area contributed by atoms with E-state index in [1.54, 1.807) is 0 Å². The van der Waals surface area contributed by atoms with Crippen molar-refractivity contribution in [3.05, 3.63) is 71.8 Å². The number of aromatic hydroxyl groups is 2. The smallest absolute Gasteiger partial charge is 0.123 e. The second-order valence-electron chi connectivity index (χ2n) is 5.24. The van der Waals surface area contributed by atoms with Crippen LogP contribution in [0.5, 0.6) is 11.5 Å². The number of phenols is 2. The number of benzene rings is 2. The van der Waals surface area contributed by atoms with Gasteiger partial charge in [0.25, 0.3) is 0 Å². The summed E-state index contributed by atoms with van der Waals surface area (Å²) in [5.74, 6) is 0.138. The van der Waals surface area contributed by atoms with Crippen molar-refractivity contribution in [1.82, 2.24) is 0 Å². The zero-order chi connectivity index (χ0) is 15.7. The quantitative estimate of drug-likeness (QED) is 0.852. The fourth-order valence-electron chi connectivity index (χ4n) is 2.46. The van der Waals surface area contributed by atoms with Gasteiger partial charge < -0.3 is 10.2 Å². The van der Waals surface area contributed by atoms with Gasteiger partial charge in [0.1, 0.15) is 11.5 Å². The van der Waals surface area contributed by atoms with Crippen LogP contribution in [0.4, 0.5) is 0 Å². The van der Waals surface area contributed by atoms with Crippen LogP contribution in [0, 0.1) is 6.92 Å². The van der Waals surface area contributed by atoms with Crippen molar-refractivity contribution >= 4 is 16.4 Å². The molecule has 0 aromatic heterocycles. The number of hydrogen-bond donors (Lipinski definition) is 2. The molecule has 0 saturated carbocycles. The van der Waals surface area contributed by atoms with Gasteiger partial charge in [-0.3, -0.25) is 4.21 Å². The number of allylic oxidation sites excluding steroid dienone is 2. The molecular weight excluding hydrogens is 296 g/mol. The largest absolute Gasteiger partial charge is 0.508 e. The Kier molecular flexibility index (Phi) is 3.86. The van der Waals surface area contributed by atoms with E-state index in [1.807, 2.05) is 49.4 Å². The maximum Gasteiger partial charge on any atom is 0.123 e. The molecule has 3 rings (SSSR count). The van der Waals surface area contributed by atoms with Crippen LogP contribution >= 0.6 is 0 Å². The molecule has 0 saturated heterocycles. The monoisotopic (exact) mass is 312 g/mol. The lowest BCUT2D eigenvalue weighted by atomic mass is 10.0. The second-order valence-corrected chi connectivity index (χ2v) is 6.81. The Morgan fingerprint density at radius 2 is 1.77 bits per heavy atom. The molecule has 0 fully saturated rings. The van der Waals surface area contributed by atoms with Crippen molar-refractivity contribution in [1.29, 1.82) is 0 Å². The normalized spacial score (nSPS) is 18.2. The fourth-order valence-corrected chi connectivity index (χ4v) is 3.83. The van der Waals surface area contributed by atoms with Gasteiger partial charge >= 0.3 is 0 Å². The zero-order valence-electron chi connectivity index (χ0n) is 12.1. The van der Waals surface area contributed by atoms with Crippen molar-refractivity contribution in [3.63, 3.8) is 0 Å². The minimum absolute atomic E-state index is 0.0682. The van der Waals surface area contributed by atoms with E-state index < -0.39 is 10.8 Å². The van der Waals surface area contributed by atoms with Crippen LogP contribution in [0.15, 0.2) is 65.6 Å². The Bertz CT molecular complexity index is 788. The first-order chi connectivity index (χ1) is 10.6. The molecule has 22 heavy (non-hydrogen) atoms. The standard InChI is InChI=1S/C18H16O3S/c1-12-5-8-14(9-6-12)22(21)18-4-2-3-15(18)16-11-13(19)7-10-17(16)20/h2-11,18-20H,1H3. The minimum Gasteiger partial charge on any atom is -0.508 e. The highest BCUT2D eigenvalue weighted by Gasteiger charge is 2.25. The second kappa shape index (κ2) is 5.81. The number of hydrogen-bond acceptors (Lipinski definition) is 3. The van der Waals surface area contributed by atoms with E-state index >= 15 is 0 Å². The first-order valence-electron chi connectivity index (χ1n) is 6.94. The van der Waals surface area contributed by atoms with Crippen LogP contribution in [0.2, 0.25) is 0 Å². The first-order valence-corrected chi connectivity index (χ1v) is 8.15. The highest BCUT2D eigenvalue weighted by molar-refractivity contribution is 7.86. The van der Waals surface area contributed by atoms with Crippen LogP contribution in [0.25, 0.3) is 5.57 Å². The minimum atomic E-state index is -1.26. The van der Waals surface area contributed by atoms with E-state index in [0.29, 0.717) is 5.56 Å². The van der Waals surface area contributed by atoms with Gasteiger partial charge in [-0.05, 0) is 42.8 Å². The van der Waals surface area contributed by atoms with Crippen LogP contribution in [0.1, 0.15) is 11.1 Å². The Hall–Kier alpha value is -2.33. The van der Waals surface area contributed by atoms with E-state index in [1.165, 1.54) is 18.2 Å². The van der Waals surface area contributed by atoms with Crippen LogP contribution in [-0.4, -0.2) is 19.7 Å². The molecule has 112 valence electrons. The van der Waals surface area contributed by atoms with Crippen molar-refractivity contribution in [2.24, 2.45) is 0 Å². The summed E-state index contributed by atoms with van der Waals surface area (Å²) in [6, 6.07) is 11.9. The van der Waals surface area contributed by atoms with Crippen LogP contribution in [0.3, 0.4) is 0 Å². The third kappa shape index (κ3) is 2.70. The molecule has 2 N–H and O–H groups in total. The lowest BCUT2D eigenvalue weighted by Gasteiger charge is -2.15. The summed E-state index contributed by atoms with van der Waals surface area (Å²) in [7, 11) is -1.26. The van der Waals surface area contributed by atoms with Crippen molar-refractivity contribution in [2.45, 2.75) is 17.1 Å². The number of rotatable bonds is 3. The SMILES string of the molecule is Cc1ccc(S(=O)C2C=CC=C2c2cc(O)ccc2O)cc1. The predicted molar refractivity (Wildman–Crippen MR) is 88.3 cm³/mol. The number of phenolic OH excluding ortho intramolecular Hbond substituents is 2. The van der Waals surface area contributed by atoms with Gasteiger partial charge in [-0.1, -0.05) is 35.9 Å². The Morgan fingerprint density at radius 1 is 1.05 bits per heavy atom. The van der Waals surface area contributed by atoms with Gasteiger partial charge in [0.15, 0.2) is 0 Å².